The van der Waals surface area contributed by atoms with Crippen LogP contribution in [-0.2, 0) is 9.53 Å². The number of nitrogens with zero attached hydrogens (tertiary/aromatic N) is 1. The van der Waals surface area contributed by atoms with Crippen LogP contribution in [0.4, 0.5) is 10.8 Å². The number of methoxy groups -OCH3 is 1. The van der Waals surface area contributed by atoms with Gasteiger partial charge in [0.1, 0.15) is 5.75 Å². The van der Waals surface area contributed by atoms with E-state index in [1.54, 1.807) is 36.8 Å². The summed E-state index contributed by atoms with van der Waals surface area (Å²) in [6, 6.07) is 6.88. The van der Waals surface area contributed by atoms with Gasteiger partial charge in [0.2, 0.25) is 0 Å². The largest absolute Gasteiger partial charge is 0.497 e. The van der Waals surface area contributed by atoms with E-state index in [1.807, 2.05) is 0 Å². The Kier molecular flexibility index (Phi) is 7.60. The first kappa shape index (κ1) is 20.7. The number of ether oxygens (including phenoxy) is 2. The molecule has 1 atom stereocenters. The van der Waals surface area contributed by atoms with Crippen LogP contribution in [0.2, 0.25) is 0 Å². The zero-order valence-electron chi connectivity index (χ0n) is 15.9. The maximum absolute atomic E-state index is 12.2. The number of benzene rings is 1. The summed E-state index contributed by atoms with van der Waals surface area (Å²) in [5.74, 6) is 0.236. The number of hydrogen-bond acceptors (Lipinski definition) is 7. The molecule has 146 valence electrons. The van der Waals surface area contributed by atoms with Crippen LogP contribution in [0.25, 0.3) is 0 Å². The van der Waals surface area contributed by atoms with Gasteiger partial charge in [-0.25, -0.2) is 9.78 Å². The smallest absolute Gasteiger partial charge is 0.358 e. The van der Waals surface area contributed by atoms with Crippen LogP contribution < -0.4 is 15.4 Å². The Morgan fingerprint density at radius 1 is 1.19 bits per heavy atom. The van der Waals surface area contributed by atoms with Crippen molar-refractivity contribution in [2.45, 2.75) is 33.3 Å². The van der Waals surface area contributed by atoms with Crippen molar-refractivity contribution in [3.63, 3.8) is 0 Å². The number of anilines is 2. The zero-order valence-corrected chi connectivity index (χ0v) is 16.8. The summed E-state index contributed by atoms with van der Waals surface area (Å²) in [5.41, 5.74) is 0.783. The van der Waals surface area contributed by atoms with Crippen LogP contribution in [0.1, 0.15) is 37.7 Å². The highest BCUT2D eigenvalue weighted by Crippen LogP contribution is 2.18. The molecule has 0 spiro atoms. The quantitative estimate of drug-likeness (QED) is 0.632. The molecule has 0 fully saturated rings. The molecule has 0 aliphatic heterocycles. The summed E-state index contributed by atoms with van der Waals surface area (Å²) in [6.07, 6.45) is 0.0701. The van der Waals surface area contributed by atoms with Gasteiger partial charge in [0.15, 0.2) is 16.9 Å². The van der Waals surface area contributed by atoms with Crippen molar-refractivity contribution in [3.05, 3.63) is 35.3 Å². The van der Waals surface area contributed by atoms with E-state index in [0.717, 1.165) is 13.0 Å². The van der Waals surface area contributed by atoms with Crippen molar-refractivity contribution in [2.24, 2.45) is 5.92 Å². The van der Waals surface area contributed by atoms with Gasteiger partial charge in [-0.2, -0.15) is 0 Å². The number of esters is 1. The lowest BCUT2D eigenvalue weighted by Gasteiger charge is -2.13. The number of carbonyl (C=O) groups is 2. The van der Waals surface area contributed by atoms with Crippen LogP contribution >= 0.6 is 11.3 Å². The average molecular weight is 391 g/mol. The molecule has 0 bridgehead atoms. The maximum atomic E-state index is 12.2. The molecule has 1 amide bonds. The van der Waals surface area contributed by atoms with E-state index in [0.29, 0.717) is 22.5 Å². The van der Waals surface area contributed by atoms with E-state index in [9.17, 15) is 9.59 Å². The molecule has 1 aromatic carbocycles. The zero-order chi connectivity index (χ0) is 19.8. The second-order valence-electron chi connectivity index (χ2n) is 6.41. The monoisotopic (exact) mass is 391 g/mol. The summed E-state index contributed by atoms with van der Waals surface area (Å²) in [4.78, 5) is 28.6. The SMILES string of the molecule is COc1ccc(NC(=O)[C@H](C)OC(=O)c2csc(NCCC(C)C)n2)cc1. The molecule has 0 saturated carbocycles. The molecule has 0 saturated heterocycles. The average Bonchev–Trinajstić information content (AvgIpc) is 3.11. The number of rotatable bonds is 9. The molecule has 2 N–H and O–H groups in total. The number of amides is 1. The van der Waals surface area contributed by atoms with Crippen LogP contribution in [0.15, 0.2) is 29.6 Å². The van der Waals surface area contributed by atoms with E-state index >= 15 is 0 Å². The van der Waals surface area contributed by atoms with Crippen LogP contribution in [0.5, 0.6) is 5.75 Å². The van der Waals surface area contributed by atoms with Crippen molar-refractivity contribution in [1.82, 2.24) is 4.98 Å². The molecular weight excluding hydrogens is 366 g/mol. The Morgan fingerprint density at radius 2 is 1.89 bits per heavy atom. The fourth-order valence-electron chi connectivity index (χ4n) is 2.11. The third-order valence-electron chi connectivity index (χ3n) is 3.72. The van der Waals surface area contributed by atoms with Crippen molar-refractivity contribution in [3.8, 4) is 5.75 Å². The van der Waals surface area contributed by atoms with Crippen LogP contribution in [-0.4, -0.2) is 36.6 Å². The van der Waals surface area contributed by atoms with Gasteiger partial charge in [-0.15, -0.1) is 11.3 Å². The normalized spacial score (nSPS) is 11.7. The fraction of sp³-hybridized carbons (Fsp3) is 0.421. The first-order valence-electron chi connectivity index (χ1n) is 8.74. The summed E-state index contributed by atoms with van der Waals surface area (Å²) in [6.45, 7) is 6.60. The Labute approximate surface area is 163 Å². The first-order valence-corrected chi connectivity index (χ1v) is 9.62. The van der Waals surface area contributed by atoms with E-state index in [-0.39, 0.29) is 5.69 Å². The molecule has 0 radical (unpaired) electrons. The van der Waals surface area contributed by atoms with Gasteiger partial charge in [0.05, 0.1) is 7.11 Å². The topological polar surface area (TPSA) is 89.5 Å². The predicted molar refractivity (Wildman–Crippen MR) is 107 cm³/mol. The molecule has 1 aromatic heterocycles. The molecule has 0 aliphatic rings. The number of carbonyl (C=O) groups excluding carboxylic acids is 2. The standard InChI is InChI=1S/C19H25N3O4S/c1-12(2)9-10-20-19-22-16(11-27-19)18(24)26-13(3)17(23)21-14-5-7-15(25-4)8-6-14/h5-8,11-13H,9-10H2,1-4H3,(H,20,22)(H,21,23)/t13-/m0/s1. The summed E-state index contributed by atoms with van der Waals surface area (Å²) in [7, 11) is 1.57. The Hall–Kier alpha value is -2.61. The molecule has 7 nitrogen and oxygen atoms in total. The Balaban J connectivity index is 1.84. The van der Waals surface area contributed by atoms with Gasteiger partial charge < -0.3 is 20.1 Å². The molecule has 8 heteroatoms. The molecule has 27 heavy (non-hydrogen) atoms. The van der Waals surface area contributed by atoms with Crippen molar-refractivity contribution in [1.29, 1.82) is 0 Å². The number of aromatic nitrogens is 1. The van der Waals surface area contributed by atoms with Gasteiger partial charge in [-0.1, -0.05) is 13.8 Å². The van der Waals surface area contributed by atoms with E-state index in [2.05, 4.69) is 29.5 Å². The third-order valence-corrected chi connectivity index (χ3v) is 4.52. The number of thiazole rings is 1. The lowest BCUT2D eigenvalue weighted by Crippen LogP contribution is -2.30. The lowest BCUT2D eigenvalue weighted by molar-refractivity contribution is -0.123. The maximum Gasteiger partial charge on any atom is 0.358 e. The van der Waals surface area contributed by atoms with Crippen molar-refractivity contribution < 1.29 is 19.1 Å². The summed E-state index contributed by atoms with van der Waals surface area (Å²) < 4.78 is 10.3. The molecular formula is C19H25N3O4S. The fourth-order valence-corrected chi connectivity index (χ4v) is 2.82. The summed E-state index contributed by atoms with van der Waals surface area (Å²) >= 11 is 1.34. The Bertz CT molecular complexity index is 759. The minimum absolute atomic E-state index is 0.191. The van der Waals surface area contributed by atoms with Crippen molar-refractivity contribution >= 4 is 34.0 Å². The summed E-state index contributed by atoms with van der Waals surface area (Å²) in [5, 5.41) is 8.16. The second kappa shape index (κ2) is 9.91. The minimum Gasteiger partial charge on any atom is -0.497 e. The number of nitrogens with one attached hydrogen (secondary N) is 2. The van der Waals surface area contributed by atoms with Crippen molar-refractivity contribution in [2.75, 3.05) is 24.3 Å². The molecule has 1 heterocycles. The second-order valence-corrected chi connectivity index (χ2v) is 7.27. The van der Waals surface area contributed by atoms with Gasteiger partial charge >= 0.3 is 5.97 Å². The molecule has 2 rings (SSSR count). The number of hydrogen-bond donors (Lipinski definition) is 2. The lowest BCUT2D eigenvalue weighted by atomic mass is 10.1. The van der Waals surface area contributed by atoms with Gasteiger partial charge in [0, 0.05) is 17.6 Å². The van der Waals surface area contributed by atoms with Crippen LogP contribution in [0, 0.1) is 5.92 Å². The first-order chi connectivity index (χ1) is 12.9. The minimum atomic E-state index is -0.946. The van der Waals surface area contributed by atoms with E-state index in [1.165, 1.54) is 18.3 Å². The molecule has 2 aromatic rings. The molecule has 0 aliphatic carbocycles. The van der Waals surface area contributed by atoms with E-state index in [4.69, 9.17) is 9.47 Å². The Morgan fingerprint density at radius 3 is 2.52 bits per heavy atom. The van der Waals surface area contributed by atoms with Gasteiger partial charge in [-0.3, -0.25) is 4.79 Å². The highest BCUT2D eigenvalue weighted by molar-refractivity contribution is 7.13. The van der Waals surface area contributed by atoms with Gasteiger partial charge in [-0.05, 0) is 43.5 Å². The highest BCUT2D eigenvalue weighted by atomic mass is 32.1. The predicted octanol–water partition coefficient (Wildman–Crippen LogP) is 3.79. The van der Waals surface area contributed by atoms with Crippen LogP contribution in [0.3, 0.4) is 0 Å². The highest BCUT2D eigenvalue weighted by Gasteiger charge is 2.21. The third kappa shape index (κ3) is 6.56. The molecule has 0 unspecified atom stereocenters. The van der Waals surface area contributed by atoms with E-state index < -0.39 is 18.0 Å². The van der Waals surface area contributed by atoms with Gasteiger partial charge in [0.25, 0.3) is 5.91 Å².